The number of rotatable bonds is 3. The van der Waals surface area contributed by atoms with Crippen molar-refractivity contribution < 1.29 is 9.53 Å². The SMILES string of the molecule is CC(NC1CC2CCC1C2)C(=O)N1CCOCC1. The smallest absolute Gasteiger partial charge is 0.239 e. The molecule has 1 aliphatic heterocycles. The van der Waals surface area contributed by atoms with Crippen LogP contribution in [0, 0.1) is 11.8 Å². The first-order valence-electron chi connectivity index (χ1n) is 7.36. The maximum atomic E-state index is 12.3. The Morgan fingerprint density at radius 1 is 1.28 bits per heavy atom. The molecule has 3 rings (SSSR count). The summed E-state index contributed by atoms with van der Waals surface area (Å²) in [5, 5.41) is 3.58. The standard InChI is InChI=1S/C14H24N2O2/c1-10(14(17)16-4-6-18-7-5-16)15-13-9-11-2-3-12(13)8-11/h10-13,15H,2-9H2,1H3. The highest BCUT2D eigenvalue weighted by atomic mass is 16.5. The minimum Gasteiger partial charge on any atom is -0.378 e. The fourth-order valence-corrected chi connectivity index (χ4v) is 3.90. The van der Waals surface area contributed by atoms with Gasteiger partial charge in [-0.15, -0.1) is 0 Å². The highest BCUT2D eigenvalue weighted by Gasteiger charge is 2.40. The normalized spacial score (nSPS) is 36.9. The van der Waals surface area contributed by atoms with Crippen LogP contribution in [0.1, 0.15) is 32.6 Å². The molecular weight excluding hydrogens is 228 g/mol. The lowest BCUT2D eigenvalue weighted by Gasteiger charge is -2.32. The topological polar surface area (TPSA) is 41.6 Å². The highest BCUT2D eigenvalue weighted by Crippen LogP contribution is 2.44. The van der Waals surface area contributed by atoms with Crippen LogP contribution in [0.5, 0.6) is 0 Å². The van der Waals surface area contributed by atoms with Gasteiger partial charge in [0.1, 0.15) is 0 Å². The lowest BCUT2D eigenvalue weighted by atomic mass is 9.95. The Morgan fingerprint density at radius 2 is 2.06 bits per heavy atom. The second-order valence-electron chi connectivity index (χ2n) is 6.11. The van der Waals surface area contributed by atoms with Crippen LogP contribution in [0.4, 0.5) is 0 Å². The number of carbonyl (C=O) groups is 1. The molecule has 4 heteroatoms. The summed E-state index contributed by atoms with van der Waals surface area (Å²) in [5.41, 5.74) is 0. The maximum absolute atomic E-state index is 12.3. The number of fused-ring (bicyclic) bond motifs is 2. The number of morpholine rings is 1. The number of ether oxygens (including phenoxy) is 1. The van der Waals surface area contributed by atoms with Crippen molar-refractivity contribution in [3.8, 4) is 0 Å². The second-order valence-corrected chi connectivity index (χ2v) is 6.11. The van der Waals surface area contributed by atoms with Crippen LogP contribution >= 0.6 is 0 Å². The molecule has 0 aromatic rings. The summed E-state index contributed by atoms with van der Waals surface area (Å²) in [6, 6.07) is 0.552. The first-order valence-corrected chi connectivity index (χ1v) is 7.36. The zero-order valence-corrected chi connectivity index (χ0v) is 11.2. The van der Waals surface area contributed by atoms with Crippen LogP contribution in [0.25, 0.3) is 0 Å². The van der Waals surface area contributed by atoms with Crippen molar-refractivity contribution in [3.05, 3.63) is 0 Å². The van der Waals surface area contributed by atoms with Crippen LogP contribution in [-0.2, 0) is 9.53 Å². The van der Waals surface area contributed by atoms with Gasteiger partial charge >= 0.3 is 0 Å². The van der Waals surface area contributed by atoms with Crippen molar-refractivity contribution >= 4 is 5.91 Å². The number of amides is 1. The molecule has 4 atom stereocenters. The van der Waals surface area contributed by atoms with Crippen LogP contribution in [-0.4, -0.2) is 49.2 Å². The molecule has 1 N–H and O–H groups in total. The van der Waals surface area contributed by atoms with E-state index >= 15 is 0 Å². The van der Waals surface area contributed by atoms with Gasteiger partial charge in [0.2, 0.25) is 5.91 Å². The summed E-state index contributed by atoms with van der Waals surface area (Å²) < 4.78 is 5.29. The number of nitrogens with one attached hydrogen (secondary N) is 1. The fraction of sp³-hybridized carbons (Fsp3) is 0.929. The number of nitrogens with zero attached hydrogens (tertiary/aromatic N) is 1. The van der Waals surface area contributed by atoms with E-state index in [1.54, 1.807) is 0 Å². The van der Waals surface area contributed by atoms with Gasteiger partial charge in [0.25, 0.3) is 0 Å². The fourth-order valence-electron chi connectivity index (χ4n) is 3.90. The van der Waals surface area contributed by atoms with Crippen molar-refractivity contribution in [1.29, 1.82) is 0 Å². The van der Waals surface area contributed by atoms with E-state index in [9.17, 15) is 4.79 Å². The summed E-state index contributed by atoms with van der Waals surface area (Å²) in [6.45, 7) is 4.89. The van der Waals surface area contributed by atoms with Crippen molar-refractivity contribution in [3.63, 3.8) is 0 Å². The van der Waals surface area contributed by atoms with Crippen LogP contribution in [0.2, 0.25) is 0 Å². The van der Waals surface area contributed by atoms with Gasteiger partial charge in [-0.25, -0.2) is 0 Å². The van der Waals surface area contributed by atoms with Gasteiger partial charge < -0.3 is 15.0 Å². The largest absolute Gasteiger partial charge is 0.378 e. The monoisotopic (exact) mass is 252 g/mol. The lowest BCUT2D eigenvalue weighted by Crippen LogP contribution is -2.52. The number of hydrogen-bond donors (Lipinski definition) is 1. The third-order valence-corrected chi connectivity index (χ3v) is 4.90. The van der Waals surface area contributed by atoms with Gasteiger partial charge in [-0.05, 0) is 38.0 Å². The van der Waals surface area contributed by atoms with Gasteiger partial charge in [0.05, 0.1) is 19.3 Å². The van der Waals surface area contributed by atoms with E-state index in [0.29, 0.717) is 19.3 Å². The van der Waals surface area contributed by atoms with Gasteiger partial charge in [0, 0.05) is 19.1 Å². The minimum absolute atomic E-state index is 0.0348. The molecule has 102 valence electrons. The third-order valence-electron chi connectivity index (χ3n) is 4.90. The molecule has 1 saturated heterocycles. The van der Waals surface area contributed by atoms with Gasteiger partial charge in [-0.3, -0.25) is 4.79 Å². The van der Waals surface area contributed by atoms with Crippen LogP contribution in [0.15, 0.2) is 0 Å². The molecule has 0 radical (unpaired) electrons. The summed E-state index contributed by atoms with van der Waals surface area (Å²) in [4.78, 5) is 14.2. The Labute approximate surface area is 109 Å². The quantitative estimate of drug-likeness (QED) is 0.815. The first-order chi connectivity index (χ1) is 8.74. The van der Waals surface area contributed by atoms with Crippen molar-refractivity contribution in [1.82, 2.24) is 10.2 Å². The van der Waals surface area contributed by atoms with E-state index < -0.39 is 0 Å². The predicted molar refractivity (Wildman–Crippen MR) is 69.2 cm³/mol. The van der Waals surface area contributed by atoms with Crippen LogP contribution in [0.3, 0.4) is 0 Å². The van der Waals surface area contributed by atoms with E-state index in [1.807, 2.05) is 11.8 Å². The number of carbonyl (C=O) groups excluding carboxylic acids is 1. The Hall–Kier alpha value is -0.610. The maximum Gasteiger partial charge on any atom is 0.239 e. The number of hydrogen-bond acceptors (Lipinski definition) is 3. The summed E-state index contributed by atoms with van der Waals surface area (Å²) in [7, 11) is 0. The molecule has 0 spiro atoms. The van der Waals surface area contributed by atoms with Gasteiger partial charge in [0.15, 0.2) is 0 Å². The lowest BCUT2D eigenvalue weighted by molar-refractivity contribution is -0.137. The summed E-state index contributed by atoms with van der Waals surface area (Å²) in [5.74, 6) is 2.01. The van der Waals surface area contributed by atoms with E-state index in [1.165, 1.54) is 25.7 Å². The predicted octanol–water partition coefficient (Wildman–Crippen LogP) is 1.01. The molecule has 1 heterocycles. The molecule has 18 heavy (non-hydrogen) atoms. The Morgan fingerprint density at radius 3 is 2.67 bits per heavy atom. The Kier molecular flexibility index (Phi) is 3.57. The molecule has 3 aliphatic rings. The van der Waals surface area contributed by atoms with E-state index in [4.69, 9.17) is 4.74 Å². The molecular formula is C14H24N2O2. The van der Waals surface area contributed by atoms with E-state index in [0.717, 1.165) is 24.9 Å². The Bertz CT molecular complexity index is 315. The van der Waals surface area contributed by atoms with E-state index in [-0.39, 0.29) is 11.9 Å². The third kappa shape index (κ3) is 2.41. The molecule has 2 saturated carbocycles. The zero-order chi connectivity index (χ0) is 12.5. The zero-order valence-electron chi connectivity index (χ0n) is 11.2. The molecule has 4 unspecified atom stereocenters. The second kappa shape index (κ2) is 5.17. The summed E-state index contributed by atoms with van der Waals surface area (Å²) >= 11 is 0. The molecule has 4 nitrogen and oxygen atoms in total. The van der Waals surface area contributed by atoms with Crippen molar-refractivity contribution in [2.24, 2.45) is 11.8 Å². The molecule has 2 bridgehead atoms. The Balaban J connectivity index is 1.51. The van der Waals surface area contributed by atoms with Crippen molar-refractivity contribution in [2.45, 2.75) is 44.7 Å². The molecule has 0 aromatic heterocycles. The molecule has 0 aromatic carbocycles. The van der Waals surface area contributed by atoms with Gasteiger partial charge in [-0.1, -0.05) is 6.42 Å². The average Bonchev–Trinajstić information content (AvgIpc) is 3.01. The highest BCUT2D eigenvalue weighted by molar-refractivity contribution is 5.81. The summed E-state index contributed by atoms with van der Waals surface area (Å²) in [6.07, 6.45) is 5.44. The molecule has 2 aliphatic carbocycles. The molecule has 1 amide bonds. The average molecular weight is 252 g/mol. The van der Waals surface area contributed by atoms with E-state index in [2.05, 4.69) is 5.32 Å². The minimum atomic E-state index is -0.0348. The molecule has 3 fully saturated rings. The van der Waals surface area contributed by atoms with Crippen LogP contribution < -0.4 is 5.32 Å². The van der Waals surface area contributed by atoms with Crippen molar-refractivity contribution in [2.75, 3.05) is 26.3 Å². The van der Waals surface area contributed by atoms with Gasteiger partial charge in [-0.2, -0.15) is 0 Å². The first kappa shape index (κ1) is 12.4.